The first-order chi connectivity index (χ1) is 26.2. The molecular weight excluding hydrogens is 704 g/mol. The van der Waals surface area contributed by atoms with E-state index in [0.717, 1.165) is 86.4 Å². The molecule has 7 rings (SSSR count). The molecule has 2 aromatic heterocycles. The summed E-state index contributed by atoms with van der Waals surface area (Å²) in [4.78, 5) is 54.5. The number of anilines is 1. The van der Waals surface area contributed by atoms with E-state index in [1.165, 1.54) is 23.4 Å². The summed E-state index contributed by atoms with van der Waals surface area (Å²) in [7, 11) is 1.59. The number of benzene rings is 3. The van der Waals surface area contributed by atoms with E-state index < -0.39 is 5.63 Å². The summed E-state index contributed by atoms with van der Waals surface area (Å²) in [5.74, 6) is 0.0542. The molecule has 5 aromatic rings. The number of amides is 2. The van der Waals surface area contributed by atoms with Crippen molar-refractivity contribution in [2.45, 2.75) is 64.7 Å². The molecule has 11 heteroatoms. The normalized spacial score (nSPS) is 13.7. The SMILES string of the molecule is COc1ccc2c(c1)c(CC(=O)NCCCCCCNC(=O)/C=C/c1cc3cc4c5c(c3oc1=O)CCCN5CCC4)c(C)n2C(=O)c1ccc(Cl)cc1. The lowest BCUT2D eigenvalue weighted by Gasteiger charge is -2.37. The number of aromatic nitrogens is 1. The van der Waals surface area contributed by atoms with Crippen molar-refractivity contribution in [1.29, 1.82) is 0 Å². The second-order valence-corrected chi connectivity index (χ2v) is 14.6. The fourth-order valence-corrected chi connectivity index (χ4v) is 7.99. The first kappa shape index (κ1) is 37.0. The van der Waals surface area contributed by atoms with Gasteiger partial charge in [0.25, 0.3) is 5.91 Å². The van der Waals surface area contributed by atoms with Crippen LogP contribution in [0.2, 0.25) is 5.02 Å². The quantitative estimate of drug-likeness (QED) is 0.0745. The highest BCUT2D eigenvalue weighted by Crippen LogP contribution is 2.40. The third kappa shape index (κ3) is 7.80. The monoisotopic (exact) mass is 748 g/mol. The maximum absolute atomic E-state index is 13.6. The van der Waals surface area contributed by atoms with Crippen LogP contribution in [0.15, 0.2) is 69.9 Å². The average Bonchev–Trinajstić information content (AvgIpc) is 3.44. The molecule has 0 saturated heterocycles. The van der Waals surface area contributed by atoms with Crippen molar-refractivity contribution in [3.05, 3.63) is 110 Å². The van der Waals surface area contributed by atoms with Gasteiger partial charge in [-0.1, -0.05) is 24.4 Å². The molecule has 0 spiro atoms. The van der Waals surface area contributed by atoms with Gasteiger partial charge in [0.1, 0.15) is 11.3 Å². The van der Waals surface area contributed by atoms with E-state index >= 15 is 0 Å². The van der Waals surface area contributed by atoms with Gasteiger partial charge in [0.15, 0.2) is 0 Å². The predicted octanol–water partition coefficient (Wildman–Crippen LogP) is 7.15. The van der Waals surface area contributed by atoms with Crippen LogP contribution in [0.1, 0.15) is 76.8 Å². The van der Waals surface area contributed by atoms with Crippen molar-refractivity contribution in [2.24, 2.45) is 0 Å². The minimum absolute atomic E-state index is 0.124. The Bertz CT molecular complexity index is 2320. The lowest BCUT2D eigenvalue weighted by atomic mass is 9.90. The minimum Gasteiger partial charge on any atom is -0.497 e. The first-order valence-corrected chi connectivity index (χ1v) is 19.2. The highest BCUT2D eigenvalue weighted by Gasteiger charge is 2.27. The molecule has 10 nitrogen and oxygen atoms in total. The zero-order chi connectivity index (χ0) is 37.8. The van der Waals surface area contributed by atoms with E-state index in [2.05, 4.69) is 21.6 Å². The summed E-state index contributed by atoms with van der Waals surface area (Å²) < 4.78 is 12.9. The fourth-order valence-electron chi connectivity index (χ4n) is 7.86. The number of methoxy groups -OCH3 is 1. The van der Waals surface area contributed by atoms with E-state index in [-0.39, 0.29) is 24.1 Å². The second kappa shape index (κ2) is 16.3. The highest BCUT2D eigenvalue weighted by atomic mass is 35.5. The Morgan fingerprint density at radius 1 is 0.926 bits per heavy atom. The molecular formula is C43H45ClN4O6. The van der Waals surface area contributed by atoms with E-state index in [4.69, 9.17) is 20.8 Å². The number of fused-ring (bicyclic) bond motifs is 3. The van der Waals surface area contributed by atoms with Crippen molar-refractivity contribution in [2.75, 3.05) is 38.2 Å². The van der Waals surface area contributed by atoms with Gasteiger partial charge >= 0.3 is 5.63 Å². The van der Waals surface area contributed by atoms with Crippen LogP contribution in [0.5, 0.6) is 5.75 Å². The van der Waals surface area contributed by atoms with E-state index in [1.807, 2.05) is 25.1 Å². The van der Waals surface area contributed by atoms with E-state index in [0.29, 0.717) is 51.8 Å². The molecule has 280 valence electrons. The zero-order valence-corrected chi connectivity index (χ0v) is 31.5. The number of hydrogen-bond donors (Lipinski definition) is 2. The molecule has 0 bridgehead atoms. The molecule has 0 radical (unpaired) electrons. The molecule has 0 aliphatic carbocycles. The second-order valence-electron chi connectivity index (χ2n) is 14.1. The standard InChI is InChI=1S/C43H45ClN4O6/c1-27-35(36-25-33(53-2)16-17-37(36)48(27)42(51)28-11-14-32(44)15-12-28)26-39(50)46-20-6-4-3-5-19-45-38(49)18-13-30-24-31-23-29-9-7-21-47-22-8-10-34(40(29)47)41(31)54-43(30)52/h11-18,23-25H,3-10,19-22,26H2,1-2H3,(H,45,49)(H,46,50)/b18-13+. The van der Waals surface area contributed by atoms with E-state index in [9.17, 15) is 19.2 Å². The summed E-state index contributed by atoms with van der Waals surface area (Å²) in [5, 5.41) is 8.16. The number of aryl methyl sites for hydroxylation is 2. The molecule has 0 saturated carbocycles. The summed E-state index contributed by atoms with van der Waals surface area (Å²) >= 11 is 6.04. The highest BCUT2D eigenvalue weighted by molar-refractivity contribution is 6.30. The number of nitrogens with one attached hydrogen (secondary N) is 2. The number of ether oxygens (including phenoxy) is 1. The molecule has 2 aliphatic heterocycles. The molecule has 0 unspecified atom stereocenters. The van der Waals surface area contributed by atoms with Crippen molar-refractivity contribution < 1.29 is 23.5 Å². The van der Waals surface area contributed by atoms with Gasteiger partial charge in [0, 0.05) is 70.6 Å². The Morgan fingerprint density at radius 2 is 1.67 bits per heavy atom. The Balaban J connectivity index is 0.865. The van der Waals surface area contributed by atoms with Gasteiger partial charge in [-0.2, -0.15) is 0 Å². The van der Waals surface area contributed by atoms with Crippen molar-refractivity contribution >= 4 is 63.0 Å². The maximum atomic E-state index is 13.6. The Hall–Kier alpha value is -5.35. The number of hydrogen-bond acceptors (Lipinski definition) is 7. The number of carbonyl (C=O) groups excluding carboxylic acids is 3. The van der Waals surface area contributed by atoms with Gasteiger partial charge in [-0.15, -0.1) is 0 Å². The number of rotatable bonds is 13. The summed E-state index contributed by atoms with van der Waals surface area (Å²) in [6, 6.07) is 16.2. The van der Waals surface area contributed by atoms with E-state index in [1.54, 1.807) is 42.0 Å². The lowest BCUT2D eigenvalue weighted by molar-refractivity contribution is -0.120. The number of halogens is 1. The first-order valence-electron chi connectivity index (χ1n) is 18.8. The van der Waals surface area contributed by atoms with Crippen molar-refractivity contribution in [1.82, 2.24) is 15.2 Å². The van der Waals surface area contributed by atoms with Crippen LogP contribution in [-0.2, 0) is 28.9 Å². The molecule has 0 atom stereocenters. The van der Waals surface area contributed by atoms with Gasteiger partial charge in [0.05, 0.1) is 24.6 Å². The van der Waals surface area contributed by atoms with Crippen LogP contribution in [0.25, 0.3) is 27.9 Å². The molecule has 0 fully saturated rings. The summed E-state index contributed by atoms with van der Waals surface area (Å²) in [6.07, 6.45) is 10.5. The van der Waals surface area contributed by atoms with Crippen LogP contribution in [0.4, 0.5) is 5.69 Å². The van der Waals surface area contributed by atoms with Gasteiger partial charge in [-0.3, -0.25) is 19.0 Å². The van der Waals surface area contributed by atoms with Crippen LogP contribution in [0.3, 0.4) is 0 Å². The van der Waals surface area contributed by atoms with Gasteiger partial charge in [0.2, 0.25) is 11.8 Å². The third-order valence-electron chi connectivity index (χ3n) is 10.6. The van der Waals surface area contributed by atoms with Gasteiger partial charge in [-0.25, -0.2) is 4.79 Å². The molecule has 2 amide bonds. The summed E-state index contributed by atoms with van der Waals surface area (Å²) in [5.41, 5.74) is 6.99. The topological polar surface area (TPSA) is 123 Å². The van der Waals surface area contributed by atoms with Crippen molar-refractivity contribution in [3.63, 3.8) is 0 Å². The Labute approximate surface area is 319 Å². The smallest absolute Gasteiger partial charge is 0.343 e. The molecule has 4 heterocycles. The Kier molecular flexibility index (Phi) is 11.2. The van der Waals surface area contributed by atoms with Gasteiger partial charge in [-0.05, 0) is 117 Å². The summed E-state index contributed by atoms with van der Waals surface area (Å²) in [6.45, 7) is 4.98. The largest absolute Gasteiger partial charge is 0.497 e. The number of unbranched alkanes of at least 4 members (excludes halogenated alkanes) is 3. The number of carbonyl (C=O) groups is 3. The van der Waals surface area contributed by atoms with Crippen LogP contribution < -0.4 is 25.9 Å². The zero-order valence-electron chi connectivity index (χ0n) is 30.8. The van der Waals surface area contributed by atoms with Crippen LogP contribution in [-0.4, -0.2) is 55.6 Å². The average molecular weight is 749 g/mol. The fraction of sp³-hybridized carbons (Fsp3) is 0.349. The molecule has 2 N–H and O–H groups in total. The molecule has 54 heavy (non-hydrogen) atoms. The molecule has 3 aromatic carbocycles. The lowest BCUT2D eigenvalue weighted by Crippen LogP contribution is -2.34. The third-order valence-corrected chi connectivity index (χ3v) is 10.8. The van der Waals surface area contributed by atoms with Crippen molar-refractivity contribution in [3.8, 4) is 5.75 Å². The maximum Gasteiger partial charge on any atom is 0.343 e. The van der Waals surface area contributed by atoms with Gasteiger partial charge < -0.3 is 24.7 Å². The van der Waals surface area contributed by atoms with Crippen LogP contribution in [0, 0.1) is 6.92 Å². The predicted molar refractivity (Wildman–Crippen MR) is 213 cm³/mol. The number of nitrogens with zero attached hydrogens (tertiary/aromatic N) is 2. The van der Waals surface area contributed by atoms with Crippen LogP contribution >= 0.6 is 11.6 Å². The Morgan fingerprint density at radius 3 is 2.43 bits per heavy atom. The minimum atomic E-state index is -0.436. The molecule has 2 aliphatic rings.